The van der Waals surface area contributed by atoms with Crippen molar-refractivity contribution >= 4 is 5.57 Å². The van der Waals surface area contributed by atoms with Gasteiger partial charge in [0, 0.05) is 11.1 Å². The van der Waals surface area contributed by atoms with E-state index < -0.39 is 23.3 Å². The minimum Gasteiger partial charge on any atom is -0.203 e. The summed E-state index contributed by atoms with van der Waals surface area (Å²) in [6, 6.07) is 13.9. The maximum atomic E-state index is 14.9. The van der Waals surface area contributed by atoms with Crippen LogP contribution in [0, 0.1) is 29.2 Å². The molecule has 1 aliphatic rings. The van der Waals surface area contributed by atoms with Crippen LogP contribution in [-0.4, -0.2) is 0 Å². The van der Waals surface area contributed by atoms with Crippen LogP contribution in [0.3, 0.4) is 0 Å². The predicted molar refractivity (Wildman–Crippen MR) is 144 cm³/mol. The zero-order valence-electron chi connectivity index (χ0n) is 21.9. The highest BCUT2D eigenvalue weighted by Crippen LogP contribution is 2.35. The summed E-state index contributed by atoms with van der Waals surface area (Å²) in [6.07, 6.45) is 10.3. The van der Waals surface area contributed by atoms with E-state index >= 15 is 0 Å². The van der Waals surface area contributed by atoms with Crippen LogP contribution in [0.4, 0.5) is 17.6 Å². The maximum absolute atomic E-state index is 14.9. The molecule has 0 heterocycles. The minimum atomic E-state index is -0.826. The van der Waals surface area contributed by atoms with Crippen molar-refractivity contribution in [1.29, 1.82) is 0 Å². The molecule has 4 rings (SSSR count). The summed E-state index contributed by atoms with van der Waals surface area (Å²) in [6.45, 7) is 4.19. The smallest absolute Gasteiger partial charge is 0.166 e. The molecule has 1 atom stereocenters. The maximum Gasteiger partial charge on any atom is 0.166 e. The first kappa shape index (κ1) is 27.2. The van der Waals surface area contributed by atoms with E-state index in [1.165, 1.54) is 6.42 Å². The van der Waals surface area contributed by atoms with Crippen molar-refractivity contribution in [2.45, 2.75) is 78.1 Å². The molecule has 1 aliphatic carbocycles. The van der Waals surface area contributed by atoms with Crippen LogP contribution < -0.4 is 0 Å². The molecule has 0 radical (unpaired) electrons. The molecule has 1 unspecified atom stereocenters. The lowest BCUT2D eigenvalue weighted by Gasteiger charge is -2.22. The SMILES string of the molecule is CCCCc1ccc(-c2ccc(CCc3ccc(C4=CCC(CCC)CC4)c(F)c3F)cc2)c(F)c1F. The van der Waals surface area contributed by atoms with Crippen molar-refractivity contribution in [2.75, 3.05) is 0 Å². The molecule has 0 saturated carbocycles. The number of hydrogen-bond acceptors (Lipinski definition) is 0. The van der Waals surface area contributed by atoms with Gasteiger partial charge in [-0.25, -0.2) is 17.6 Å². The normalized spacial score (nSPS) is 15.6. The number of halogens is 4. The molecule has 3 aromatic carbocycles. The fourth-order valence-corrected chi connectivity index (χ4v) is 5.34. The molecule has 0 spiro atoms. The van der Waals surface area contributed by atoms with E-state index in [0.29, 0.717) is 47.4 Å². The Labute approximate surface area is 218 Å². The van der Waals surface area contributed by atoms with Gasteiger partial charge in [-0.1, -0.05) is 87.7 Å². The predicted octanol–water partition coefficient (Wildman–Crippen LogP) is 10.0. The quantitative estimate of drug-likeness (QED) is 0.239. The van der Waals surface area contributed by atoms with Crippen LogP contribution in [0.2, 0.25) is 0 Å². The van der Waals surface area contributed by atoms with Crippen molar-refractivity contribution in [3.05, 3.63) is 100 Å². The second-order valence-electron chi connectivity index (χ2n) is 10.3. The molecule has 0 aromatic heterocycles. The first-order valence-corrected chi connectivity index (χ1v) is 13.6. The van der Waals surface area contributed by atoms with Gasteiger partial charge in [0.1, 0.15) is 0 Å². The Morgan fingerprint density at radius 2 is 1.32 bits per heavy atom. The van der Waals surface area contributed by atoms with E-state index in [9.17, 15) is 17.6 Å². The number of allylic oxidation sites excluding steroid dienone is 2. The molecular weight excluding hydrogens is 472 g/mol. The summed E-state index contributed by atoms with van der Waals surface area (Å²) >= 11 is 0. The van der Waals surface area contributed by atoms with E-state index in [1.54, 1.807) is 36.4 Å². The highest BCUT2D eigenvalue weighted by atomic mass is 19.2. The van der Waals surface area contributed by atoms with Gasteiger partial charge in [0.2, 0.25) is 0 Å². The van der Waals surface area contributed by atoms with E-state index in [2.05, 4.69) is 13.0 Å². The zero-order chi connectivity index (χ0) is 26.4. The average Bonchev–Trinajstić information content (AvgIpc) is 2.92. The van der Waals surface area contributed by atoms with Gasteiger partial charge in [0.25, 0.3) is 0 Å². The van der Waals surface area contributed by atoms with E-state index in [-0.39, 0.29) is 5.56 Å². The standard InChI is InChI=1S/C33H36F4/c1-3-5-7-26-18-20-28(32(36)30(26)34)25-15-10-23(11-16-25)12-17-27-19-21-29(33(37)31(27)35)24-13-8-22(6-4-2)9-14-24/h10-11,13,15-16,18-22H,3-9,12,14,17H2,1-2H3. The van der Waals surface area contributed by atoms with Crippen molar-refractivity contribution in [2.24, 2.45) is 5.92 Å². The molecule has 0 fully saturated rings. The van der Waals surface area contributed by atoms with Crippen molar-refractivity contribution in [3.8, 4) is 11.1 Å². The van der Waals surface area contributed by atoms with Gasteiger partial charge in [-0.2, -0.15) is 0 Å². The first-order chi connectivity index (χ1) is 17.9. The van der Waals surface area contributed by atoms with Crippen LogP contribution in [0.15, 0.2) is 54.6 Å². The Morgan fingerprint density at radius 3 is 1.95 bits per heavy atom. The van der Waals surface area contributed by atoms with Crippen LogP contribution >= 0.6 is 0 Å². The Morgan fingerprint density at radius 1 is 0.676 bits per heavy atom. The third-order valence-electron chi connectivity index (χ3n) is 7.63. The van der Waals surface area contributed by atoms with E-state index in [1.807, 2.05) is 19.1 Å². The molecule has 0 nitrogen and oxygen atoms in total. The van der Waals surface area contributed by atoms with E-state index in [4.69, 9.17) is 0 Å². The number of aryl methyl sites for hydroxylation is 3. The molecule has 0 N–H and O–H groups in total. The number of benzene rings is 3. The van der Waals surface area contributed by atoms with Crippen molar-refractivity contribution in [3.63, 3.8) is 0 Å². The van der Waals surface area contributed by atoms with Crippen LogP contribution in [0.5, 0.6) is 0 Å². The summed E-state index contributed by atoms with van der Waals surface area (Å²) in [5.41, 5.74) is 3.78. The van der Waals surface area contributed by atoms with Gasteiger partial charge in [-0.05, 0) is 78.7 Å². The van der Waals surface area contributed by atoms with Crippen molar-refractivity contribution in [1.82, 2.24) is 0 Å². The Hall–Kier alpha value is -2.88. The largest absolute Gasteiger partial charge is 0.203 e. The summed E-state index contributed by atoms with van der Waals surface area (Å²) in [5, 5.41) is 0. The monoisotopic (exact) mass is 508 g/mol. The minimum absolute atomic E-state index is 0.228. The van der Waals surface area contributed by atoms with E-state index in [0.717, 1.165) is 49.7 Å². The number of unbranched alkanes of at least 4 members (excludes halogenated alkanes) is 1. The van der Waals surface area contributed by atoms with Crippen molar-refractivity contribution < 1.29 is 17.6 Å². The van der Waals surface area contributed by atoms with Gasteiger partial charge in [0.15, 0.2) is 23.3 Å². The average molecular weight is 509 g/mol. The molecule has 37 heavy (non-hydrogen) atoms. The van der Waals surface area contributed by atoms with Crippen LogP contribution in [-0.2, 0) is 19.3 Å². The highest BCUT2D eigenvalue weighted by molar-refractivity contribution is 5.67. The summed E-state index contributed by atoms with van der Waals surface area (Å²) in [4.78, 5) is 0. The van der Waals surface area contributed by atoms with Gasteiger partial charge < -0.3 is 0 Å². The molecular formula is C33H36F4. The molecule has 0 amide bonds. The summed E-state index contributed by atoms with van der Waals surface area (Å²) in [7, 11) is 0. The Kier molecular flexibility index (Phi) is 9.23. The molecule has 3 aromatic rings. The topological polar surface area (TPSA) is 0 Å². The van der Waals surface area contributed by atoms with Gasteiger partial charge in [0.05, 0.1) is 0 Å². The second-order valence-corrected chi connectivity index (χ2v) is 10.3. The summed E-state index contributed by atoms with van der Waals surface area (Å²) in [5.74, 6) is -2.49. The number of hydrogen-bond donors (Lipinski definition) is 0. The lowest BCUT2D eigenvalue weighted by atomic mass is 9.84. The molecule has 4 heteroatoms. The fourth-order valence-electron chi connectivity index (χ4n) is 5.34. The Balaban J connectivity index is 1.42. The summed E-state index contributed by atoms with van der Waals surface area (Å²) < 4.78 is 59.0. The van der Waals surface area contributed by atoms with Crippen LogP contribution in [0.25, 0.3) is 16.7 Å². The van der Waals surface area contributed by atoms with Gasteiger partial charge >= 0.3 is 0 Å². The highest BCUT2D eigenvalue weighted by Gasteiger charge is 2.20. The fraction of sp³-hybridized carbons (Fsp3) is 0.394. The third-order valence-corrected chi connectivity index (χ3v) is 7.63. The van der Waals surface area contributed by atoms with Crippen LogP contribution in [0.1, 0.15) is 81.0 Å². The van der Waals surface area contributed by atoms with Gasteiger partial charge in [-0.15, -0.1) is 0 Å². The molecule has 0 saturated heterocycles. The zero-order valence-corrected chi connectivity index (χ0v) is 21.9. The number of rotatable bonds is 10. The third kappa shape index (κ3) is 6.34. The Bertz CT molecular complexity index is 1240. The lowest BCUT2D eigenvalue weighted by molar-refractivity contribution is 0.443. The second kappa shape index (κ2) is 12.6. The lowest BCUT2D eigenvalue weighted by Crippen LogP contribution is -2.07. The first-order valence-electron chi connectivity index (χ1n) is 13.6. The molecule has 0 aliphatic heterocycles. The van der Waals surface area contributed by atoms with Gasteiger partial charge in [-0.3, -0.25) is 0 Å². The molecule has 196 valence electrons. The molecule has 0 bridgehead atoms.